The van der Waals surface area contributed by atoms with Gasteiger partial charge in [-0.15, -0.1) is 0 Å². The Bertz CT molecular complexity index is 3620. The molecule has 18 heteroatoms. The van der Waals surface area contributed by atoms with E-state index in [2.05, 4.69) is 46.9 Å². The van der Waals surface area contributed by atoms with Gasteiger partial charge in [-0.3, -0.25) is 28.8 Å². The average molecular weight is 1230 g/mol. The first-order chi connectivity index (χ1) is 44.0. The molecule has 3 atom stereocenters. The van der Waals surface area contributed by atoms with Crippen LogP contribution in [-0.2, 0) is 48.0 Å². The van der Waals surface area contributed by atoms with E-state index in [4.69, 9.17) is 14.2 Å². The molecule has 0 spiro atoms. The third-order valence-electron chi connectivity index (χ3n) is 17.0. The standard InChI is InChI=1S/C73H85N9O9/c1-10-13-16-64(80-67(83)40-55-43(4)74-61-34-31-52(89-7)37-58(55)61)71(86)77-49-25-19-46(20-26-49)70(47-21-27-50(28-22-47)78-72(87)65(17-14-11-2)81-68(84)41-56-44(5)75-62-35-32-53(90-8)38-59(56)62)48-23-29-51(30-24-48)79-73(88)66(18-15-12-3)82-69(85)42-57-45(6)76-63-36-33-54(91-9)39-60(57)63/h19-39,64-66,70,74-76H,10-18,40-42H2,1-9H3,(H,77,86)(H,78,87)(H,79,88)(H,80,83)(H,81,84)(H,82,85)/t64-,65-,66-/m0/s1. The molecule has 18 nitrogen and oxygen atoms in total. The Kier molecular flexibility index (Phi) is 22.0. The van der Waals surface area contributed by atoms with Gasteiger partial charge in [0.05, 0.1) is 40.6 Å². The lowest BCUT2D eigenvalue weighted by Gasteiger charge is -2.22. The Morgan fingerprint density at radius 1 is 0.385 bits per heavy atom. The van der Waals surface area contributed by atoms with E-state index >= 15 is 0 Å². The van der Waals surface area contributed by atoms with Crippen molar-refractivity contribution in [3.8, 4) is 17.2 Å². The van der Waals surface area contributed by atoms with Crippen molar-refractivity contribution in [1.29, 1.82) is 0 Å². The number of carbonyl (C=O) groups is 6. The smallest absolute Gasteiger partial charge is 0.246 e. The number of hydrogen-bond donors (Lipinski definition) is 9. The summed E-state index contributed by atoms with van der Waals surface area (Å²) in [6, 6.07) is 37.5. The predicted octanol–water partition coefficient (Wildman–Crippen LogP) is 12.8. The lowest BCUT2D eigenvalue weighted by molar-refractivity contribution is -0.126. The van der Waals surface area contributed by atoms with Crippen molar-refractivity contribution in [3.05, 3.63) is 178 Å². The maximum absolute atomic E-state index is 14.1. The zero-order valence-corrected chi connectivity index (χ0v) is 53.6. The first kappa shape index (κ1) is 65.6. The van der Waals surface area contributed by atoms with Crippen molar-refractivity contribution >= 4 is 85.2 Å². The Morgan fingerprint density at radius 2 is 0.648 bits per heavy atom. The largest absolute Gasteiger partial charge is 0.497 e. The first-order valence-electron chi connectivity index (χ1n) is 31.6. The SMILES string of the molecule is CCCC[C@H](NC(=O)Cc1c(C)[nH]c2ccc(OC)cc12)C(=O)Nc1ccc(C(c2ccc(NC(=O)[C@H](CCCC)NC(=O)Cc3c(C)[nH]c4ccc(OC)cc34)cc2)c2ccc(NC(=O)[C@H](CCCC)NC(=O)Cc3c(C)[nH]c4ccc(OC)cc34)cc2)cc1. The van der Waals surface area contributed by atoms with Gasteiger partial charge in [-0.1, -0.05) is 95.7 Å². The van der Waals surface area contributed by atoms with E-state index in [1.54, 1.807) is 21.3 Å². The van der Waals surface area contributed by atoms with Gasteiger partial charge in [0.1, 0.15) is 35.4 Å². The number of aromatic nitrogens is 3. The fourth-order valence-corrected chi connectivity index (χ4v) is 11.9. The Labute approximate surface area is 531 Å². The zero-order valence-electron chi connectivity index (χ0n) is 53.6. The average Bonchev–Trinajstić information content (AvgIpc) is 1.82. The molecule has 476 valence electrons. The molecular weight excluding hydrogens is 1150 g/mol. The molecule has 91 heavy (non-hydrogen) atoms. The first-order valence-corrected chi connectivity index (χ1v) is 31.6. The summed E-state index contributed by atoms with van der Waals surface area (Å²) in [5.41, 5.74) is 12.1. The Morgan fingerprint density at radius 3 is 0.890 bits per heavy atom. The van der Waals surface area contributed by atoms with Crippen LogP contribution in [0.1, 0.15) is 135 Å². The minimum Gasteiger partial charge on any atom is -0.497 e. The van der Waals surface area contributed by atoms with Crippen LogP contribution >= 0.6 is 0 Å². The zero-order chi connectivity index (χ0) is 64.7. The van der Waals surface area contributed by atoms with E-state index < -0.39 is 18.1 Å². The molecule has 6 aromatic carbocycles. The van der Waals surface area contributed by atoms with E-state index in [1.165, 1.54) is 0 Å². The van der Waals surface area contributed by atoms with Crippen LogP contribution in [0.25, 0.3) is 32.7 Å². The van der Waals surface area contributed by atoms with Crippen LogP contribution in [0.3, 0.4) is 0 Å². The number of amides is 6. The summed E-state index contributed by atoms with van der Waals surface area (Å²) in [4.78, 5) is 93.6. The third-order valence-corrected chi connectivity index (χ3v) is 17.0. The normalized spacial score (nSPS) is 12.3. The van der Waals surface area contributed by atoms with Gasteiger partial charge in [-0.2, -0.15) is 0 Å². The molecule has 0 fully saturated rings. The molecule has 0 saturated heterocycles. The molecule has 0 saturated carbocycles. The lowest BCUT2D eigenvalue weighted by Crippen LogP contribution is -2.44. The summed E-state index contributed by atoms with van der Waals surface area (Å²) in [6.07, 6.45) is 6.27. The number of aryl methyl sites for hydroxylation is 3. The van der Waals surface area contributed by atoms with Gasteiger partial charge >= 0.3 is 0 Å². The van der Waals surface area contributed by atoms with Gasteiger partial charge in [-0.05, 0) is 164 Å². The molecule has 0 aliphatic rings. The number of rotatable bonds is 30. The number of nitrogens with one attached hydrogen (secondary N) is 9. The highest BCUT2D eigenvalue weighted by Crippen LogP contribution is 2.35. The maximum atomic E-state index is 14.1. The Balaban J connectivity index is 0.932. The van der Waals surface area contributed by atoms with Crippen LogP contribution in [0, 0.1) is 20.8 Å². The number of aromatic amines is 3. The molecule has 0 aliphatic carbocycles. The highest BCUT2D eigenvalue weighted by Gasteiger charge is 2.27. The molecule has 6 amide bonds. The third kappa shape index (κ3) is 16.3. The van der Waals surface area contributed by atoms with E-state index in [0.717, 1.165) is 122 Å². The quantitative estimate of drug-likeness (QED) is 0.0194. The monoisotopic (exact) mass is 1230 g/mol. The van der Waals surface area contributed by atoms with Gasteiger partial charge in [0.2, 0.25) is 35.4 Å². The summed E-state index contributed by atoms with van der Waals surface area (Å²) in [5, 5.41) is 20.9. The van der Waals surface area contributed by atoms with Crippen molar-refractivity contribution in [1.82, 2.24) is 30.9 Å². The number of H-pyrrole nitrogens is 3. The predicted molar refractivity (Wildman–Crippen MR) is 360 cm³/mol. The molecular formula is C73H85N9O9. The topological polar surface area (TPSA) is 250 Å². The second-order valence-electron chi connectivity index (χ2n) is 23.5. The molecule has 3 aromatic heterocycles. The summed E-state index contributed by atoms with van der Waals surface area (Å²) >= 11 is 0. The minimum absolute atomic E-state index is 0.0779. The van der Waals surface area contributed by atoms with E-state index in [-0.39, 0.29) is 60.6 Å². The summed E-state index contributed by atoms with van der Waals surface area (Å²) in [6.45, 7) is 11.9. The second-order valence-corrected chi connectivity index (χ2v) is 23.5. The second kappa shape index (κ2) is 30.6. The number of unbranched alkanes of at least 4 members (excludes halogenated alkanes) is 3. The molecule has 0 aliphatic heterocycles. The van der Waals surface area contributed by atoms with Gasteiger partial charge in [0.15, 0.2) is 0 Å². The van der Waals surface area contributed by atoms with Crippen molar-refractivity contribution in [2.45, 2.75) is 143 Å². The van der Waals surface area contributed by atoms with Crippen molar-refractivity contribution < 1.29 is 43.0 Å². The number of hydrogen-bond acceptors (Lipinski definition) is 9. The number of carbonyl (C=O) groups excluding carboxylic acids is 6. The van der Waals surface area contributed by atoms with Gasteiger partial charge in [-0.25, -0.2) is 0 Å². The highest BCUT2D eigenvalue weighted by molar-refractivity contribution is 6.01. The number of anilines is 3. The number of benzene rings is 6. The van der Waals surface area contributed by atoms with Crippen LogP contribution in [0.2, 0.25) is 0 Å². The number of methoxy groups -OCH3 is 3. The molecule has 3 heterocycles. The maximum Gasteiger partial charge on any atom is 0.246 e. The molecule has 9 aromatic rings. The number of fused-ring (bicyclic) bond motifs is 3. The van der Waals surface area contributed by atoms with Crippen molar-refractivity contribution in [3.63, 3.8) is 0 Å². The van der Waals surface area contributed by atoms with E-state index in [0.29, 0.717) is 53.6 Å². The van der Waals surface area contributed by atoms with Crippen LogP contribution in [0.4, 0.5) is 17.1 Å². The van der Waals surface area contributed by atoms with Gasteiger partial charge in [0, 0.05) is 72.8 Å². The minimum atomic E-state index is -0.784. The highest BCUT2D eigenvalue weighted by atomic mass is 16.5. The van der Waals surface area contributed by atoms with Crippen LogP contribution in [-0.4, -0.2) is 89.8 Å². The van der Waals surface area contributed by atoms with Gasteiger partial charge < -0.3 is 61.1 Å². The number of ether oxygens (including phenoxy) is 3. The summed E-state index contributed by atoms with van der Waals surface area (Å²) in [7, 11) is 4.81. The molecule has 0 unspecified atom stereocenters. The fraction of sp³-hybridized carbons (Fsp3) is 0.342. The fourth-order valence-electron chi connectivity index (χ4n) is 11.9. The lowest BCUT2D eigenvalue weighted by atomic mass is 9.85. The molecule has 9 N–H and O–H groups in total. The van der Waals surface area contributed by atoms with E-state index in [1.807, 2.05) is 169 Å². The molecule has 0 radical (unpaired) electrons. The van der Waals surface area contributed by atoms with Crippen molar-refractivity contribution in [2.24, 2.45) is 0 Å². The Hall–Kier alpha value is -9.84. The molecule has 0 bridgehead atoms. The summed E-state index contributed by atoms with van der Waals surface area (Å²) < 4.78 is 16.4. The van der Waals surface area contributed by atoms with Crippen LogP contribution in [0.5, 0.6) is 17.2 Å². The van der Waals surface area contributed by atoms with Crippen LogP contribution < -0.4 is 46.1 Å². The van der Waals surface area contributed by atoms with Crippen LogP contribution in [0.15, 0.2) is 127 Å². The summed E-state index contributed by atoms with van der Waals surface area (Å²) in [5.74, 6) is -0.136. The van der Waals surface area contributed by atoms with Gasteiger partial charge in [0.25, 0.3) is 0 Å². The van der Waals surface area contributed by atoms with Crippen molar-refractivity contribution in [2.75, 3.05) is 37.3 Å². The van der Waals surface area contributed by atoms with E-state index in [9.17, 15) is 28.8 Å². The molecule has 9 rings (SSSR count).